The van der Waals surface area contributed by atoms with Gasteiger partial charge < -0.3 is 10.6 Å². The number of hydrogen-bond acceptors (Lipinski definition) is 4. The van der Waals surface area contributed by atoms with Crippen LogP contribution >= 0.6 is 0 Å². The number of nitrogens with one attached hydrogen (secondary N) is 2. The minimum absolute atomic E-state index is 0.200. The van der Waals surface area contributed by atoms with Gasteiger partial charge in [0.05, 0.1) is 11.3 Å². The number of benzene rings is 1. The van der Waals surface area contributed by atoms with Crippen LogP contribution in [0.15, 0.2) is 48.3 Å². The van der Waals surface area contributed by atoms with Gasteiger partial charge in [-0.15, -0.1) is 0 Å². The van der Waals surface area contributed by atoms with Crippen LogP contribution in [-0.2, 0) is 0 Å². The SMILES string of the molecule is O=C(NCCC1=CCCCC1)c1cnc(Nc2ccccc2F)nc1. The Bertz CT molecular complexity index is 758. The number of para-hydroxylation sites is 1. The molecule has 2 aromatic rings. The standard InChI is InChI=1S/C19H21FN4O/c20-16-8-4-5-9-17(16)24-19-22-12-15(13-23-19)18(25)21-11-10-14-6-2-1-3-7-14/h4-6,8-9,12-13H,1-3,7,10-11H2,(H,21,25)(H,22,23,24). The van der Waals surface area contributed by atoms with Crippen LogP contribution in [0.3, 0.4) is 0 Å². The third-order valence-corrected chi connectivity index (χ3v) is 4.15. The van der Waals surface area contributed by atoms with E-state index in [0.717, 1.165) is 19.3 Å². The maximum atomic E-state index is 13.6. The van der Waals surface area contributed by atoms with Crippen LogP contribution in [0.2, 0.25) is 0 Å². The first-order valence-corrected chi connectivity index (χ1v) is 8.52. The molecule has 1 heterocycles. The average molecular weight is 340 g/mol. The molecule has 1 amide bonds. The van der Waals surface area contributed by atoms with Gasteiger partial charge in [-0.3, -0.25) is 4.79 Å². The van der Waals surface area contributed by atoms with Crippen LogP contribution in [0.1, 0.15) is 42.5 Å². The van der Waals surface area contributed by atoms with Crippen LogP contribution in [0, 0.1) is 5.82 Å². The Balaban J connectivity index is 1.52. The fourth-order valence-electron chi connectivity index (χ4n) is 2.76. The van der Waals surface area contributed by atoms with Gasteiger partial charge in [0.1, 0.15) is 5.82 Å². The molecule has 0 atom stereocenters. The molecule has 0 saturated carbocycles. The molecule has 0 fully saturated rings. The molecule has 1 aliphatic carbocycles. The lowest BCUT2D eigenvalue weighted by atomic mass is 9.97. The van der Waals surface area contributed by atoms with Crippen molar-refractivity contribution in [1.82, 2.24) is 15.3 Å². The molecule has 25 heavy (non-hydrogen) atoms. The van der Waals surface area contributed by atoms with E-state index < -0.39 is 0 Å². The smallest absolute Gasteiger partial charge is 0.254 e. The minimum atomic E-state index is -0.384. The van der Waals surface area contributed by atoms with Gasteiger partial charge in [0.2, 0.25) is 5.95 Å². The number of nitrogens with zero attached hydrogens (tertiary/aromatic N) is 2. The fourth-order valence-corrected chi connectivity index (χ4v) is 2.76. The maximum Gasteiger partial charge on any atom is 0.254 e. The molecule has 0 bridgehead atoms. The summed E-state index contributed by atoms with van der Waals surface area (Å²) in [6.45, 7) is 0.611. The van der Waals surface area contributed by atoms with E-state index in [-0.39, 0.29) is 17.7 Å². The quantitative estimate of drug-likeness (QED) is 0.781. The molecule has 6 heteroatoms. The Labute approximate surface area is 146 Å². The second-order valence-electron chi connectivity index (χ2n) is 6.01. The highest BCUT2D eigenvalue weighted by molar-refractivity contribution is 5.93. The van der Waals surface area contributed by atoms with E-state index in [1.807, 2.05) is 0 Å². The molecule has 3 rings (SSSR count). The van der Waals surface area contributed by atoms with Crippen LogP contribution in [0.25, 0.3) is 0 Å². The van der Waals surface area contributed by atoms with Crippen molar-refractivity contribution in [3.05, 3.63) is 59.7 Å². The minimum Gasteiger partial charge on any atom is -0.352 e. The highest BCUT2D eigenvalue weighted by Crippen LogP contribution is 2.19. The average Bonchev–Trinajstić information content (AvgIpc) is 2.65. The number of carbonyl (C=O) groups excluding carboxylic acids is 1. The molecule has 0 spiro atoms. The molecular formula is C19H21FN4O. The van der Waals surface area contributed by atoms with Crippen LogP contribution < -0.4 is 10.6 Å². The van der Waals surface area contributed by atoms with Crippen LogP contribution in [0.5, 0.6) is 0 Å². The molecule has 130 valence electrons. The molecule has 1 aromatic carbocycles. The number of aromatic nitrogens is 2. The van der Waals surface area contributed by atoms with Gasteiger partial charge in [0, 0.05) is 18.9 Å². The molecule has 1 aliphatic rings. The molecule has 2 N–H and O–H groups in total. The predicted molar refractivity (Wildman–Crippen MR) is 95.2 cm³/mol. The predicted octanol–water partition coefficient (Wildman–Crippen LogP) is 3.98. The number of allylic oxidation sites excluding steroid dienone is 1. The van der Waals surface area contributed by atoms with E-state index in [2.05, 4.69) is 26.7 Å². The van der Waals surface area contributed by atoms with Crippen molar-refractivity contribution in [1.29, 1.82) is 0 Å². The molecular weight excluding hydrogens is 319 g/mol. The van der Waals surface area contributed by atoms with Crippen LogP contribution in [-0.4, -0.2) is 22.4 Å². The fraction of sp³-hybridized carbons (Fsp3) is 0.316. The Kier molecular flexibility index (Phi) is 5.72. The topological polar surface area (TPSA) is 66.9 Å². The van der Waals surface area contributed by atoms with Crippen molar-refractivity contribution in [3.63, 3.8) is 0 Å². The molecule has 0 aliphatic heterocycles. The van der Waals surface area contributed by atoms with Crippen molar-refractivity contribution in [2.45, 2.75) is 32.1 Å². The van der Waals surface area contributed by atoms with Gasteiger partial charge in [-0.05, 0) is 44.2 Å². The van der Waals surface area contributed by atoms with Gasteiger partial charge in [-0.2, -0.15) is 0 Å². The van der Waals surface area contributed by atoms with Gasteiger partial charge in [0.15, 0.2) is 0 Å². The molecule has 5 nitrogen and oxygen atoms in total. The van der Waals surface area contributed by atoms with Crippen molar-refractivity contribution in [2.75, 3.05) is 11.9 Å². The van der Waals surface area contributed by atoms with E-state index in [0.29, 0.717) is 17.8 Å². The van der Waals surface area contributed by atoms with Gasteiger partial charge in [-0.25, -0.2) is 14.4 Å². The lowest BCUT2D eigenvalue weighted by molar-refractivity contribution is 0.0953. The summed E-state index contributed by atoms with van der Waals surface area (Å²) in [4.78, 5) is 20.3. The third-order valence-electron chi connectivity index (χ3n) is 4.15. The lowest BCUT2D eigenvalue weighted by Gasteiger charge is -2.13. The highest BCUT2D eigenvalue weighted by Gasteiger charge is 2.09. The number of halogens is 1. The van der Waals surface area contributed by atoms with E-state index in [1.165, 1.54) is 36.9 Å². The summed E-state index contributed by atoms with van der Waals surface area (Å²) < 4.78 is 13.6. The van der Waals surface area contributed by atoms with Crippen molar-refractivity contribution >= 4 is 17.5 Å². The van der Waals surface area contributed by atoms with E-state index in [4.69, 9.17) is 0 Å². The number of hydrogen-bond donors (Lipinski definition) is 2. The summed E-state index contributed by atoms with van der Waals surface area (Å²) in [5.41, 5.74) is 2.10. The van der Waals surface area contributed by atoms with Crippen molar-refractivity contribution in [2.24, 2.45) is 0 Å². The summed E-state index contributed by atoms with van der Waals surface area (Å²) in [6.07, 6.45) is 10.8. The first-order valence-electron chi connectivity index (χ1n) is 8.52. The molecule has 0 unspecified atom stereocenters. The summed E-state index contributed by atoms with van der Waals surface area (Å²) in [7, 11) is 0. The molecule has 1 aromatic heterocycles. The Morgan fingerprint density at radius 1 is 1.16 bits per heavy atom. The summed E-state index contributed by atoms with van der Waals surface area (Å²) >= 11 is 0. The zero-order valence-electron chi connectivity index (χ0n) is 14.0. The summed E-state index contributed by atoms with van der Waals surface area (Å²) in [5, 5.41) is 5.67. The Hall–Kier alpha value is -2.76. The summed E-state index contributed by atoms with van der Waals surface area (Å²) in [5.74, 6) is -0.340. The Morgan fingerprint density at radius 3 is 2.68 bits per heavy atom. The Morgan fingerprint density at radius 2 is 1.96 bits per heavy atom. The first-order chi connectivity index (χ1) is 12.2. The first kappa shape index (κ1) is 17.1. The number of anilines is 2. The van der Waals surface area contributed by atoms with Crippen molar-refractivity contribution in [3.8, 4) is 0 Å². The van der Waals surface area contributed by atoms with Gasteiger partial charge >= 0.3 is 0 Å². The molecule has 0 radical (unpaired) electrons. The zero-order chi connectivity index (χ0) is 17.5. The molecule has 0 saturated heterocycles. The second-order valence-corrected chi connectivity index (χ2v) is 6.01. The third kappa shape index (κ3) is 4.86. The largest absolute Gasteiger partial charge is 0.352 e. The second kappa shape index (κ2) is 8.37. The van der Waals surface area contributed by atoms with Crippen molar-refractivity contribution < 1.29 is 9.18 Å². The number of amides is 1. The van der Waals surface area contributed by atoms with E-state index in [9.17, 15) is 9.18 Å². The van der Waals surface area contributed by atoms with E-state index >= 15 is 0 Å². The maximum absolute atomic E-state index is 13.6. The number of rotatable bonds is 6. The number of carbonyl (C=O) groups is 1. The monoisotopic (exact) mass is 340 g/mol. The normalized spacial score (nSPS) is 13.9. The van der Waals surface area contributed by atoms with Gasteiger partial charge in [0.25, 0.3) is 5.91 Å². The van der Waals surface area contributed by atoms with Crippen LogP contribution in [0.4, 0.5) is 16.0 Å². The highest BCUT2D eigenvalue weighted by atomic mass is 19.1. The van der Waals surface area contributed by atoms with E-state index in [1.54, 1.807) is 18.2 Å². The summed E-state index contributed by atoms with van der Waals surface area (Å²) in [6, 6.07) is 6.28. The van der Waals surface area contributed by atoms with Gasteiger partial charge in [-0.1, -0.05) is 23.8 Å². The zero-order valence-corrected chi connectivity index (χ0v) is 14.0. The lowest BCUT2D eigenvalue weighted by Crippen LogP contribution is -2.25.